The summed E-state index contributed by atoms with van der Waals surface area (Å²) < 4.78 is 6.16. The number of ether oxygens (including phenoxy) is 1. The largest absolute Gasteiger partial charge is 0.491 e. The molecule has 0 saturated carbocycles. The fourth-order valence-electron chi connectivity index (χ4n) is 3.91. The maximum Gasteiger partial charge on any atom is 0.242 e. The number of fused-ring (bicyclic) bond motifs is 1. The van der Waals surface area contributed by atoms with Crippen LogP contribution in [0, 0.1) is 6.92 Å². The summed E-state index contributed by atoms with van der Waals surface area (Å²) in [7, 11) is 0. The number of amides is 2. The lowest BCUT2D eigenvalue weighted by atomic mass is 10.00. The Morgan fingerprint density at radius 2 is 2.03 bits per heavy atom. The molecule has 162 valence electrons. The zero-order chi connectivity index (χ0) is 21.7. The van der Waals surface area contributed by atoms with Gasteiger partial charge in [0.2, 0.25) is 11.8 Å². The second-order valence-corrected chi connectivity index (χ2v) is 8.86. The third-order valence-corrected chi connectivity index (χ3v) is 6.95. The SMILES string of the molecule is CCC(=O)N(CC(=O)N1CCc2sccc2[C@H]1COc1ccccc1C)[C@H](C)CC. The number of hydrogen-bond donors (Lipinski definition) is 0. The van der Waals surface area contributed by atoms with Crippen LogP contribution in [-0.4, -0.2) is 47.4 Å². The maximum atomic E-state index is 13.3. The molecule has 30 heavy (non-hydrogen) atoms. The summed E-state index contributed by atoms with van der Waals surface area (Å²) in [6, 6.07) is 9.95. The Morgan fingerprint density at radius 1 is 1.27 bits per heavy atom. The number of carbonyl (C=O) groups is 2. The second kappa shape index (κ2) is 10.1. The predicted octanol–water partition coefficient (Wildman–Crippen LogP) is 4.60. The molecule has 2 aromatic rings. The number of benzene rings is 1. The molecule has 0 fully saturated rings. The summed E-state index contributed by atoms with van der Waals surface area (Å²) in [4.78, 5) is 30.8. The van der Waals surface area contributed by atoms with Gasteiger partial charge in [0.15, 0.2) is 0 Å². The van der Waals surface area contributed by atoms with E-state index in [1.165, 1.54) is 10.4 Å². The number of rotatable bonds is 8. The van der Waals surface area contributed by atoms with Crippen LogP contribution in [0.2, 0.25) is 0 Å². The average Bonchev–Trinajstić information content (AvgIpc) is 3.24. The van der Waals surface area contributed by atoms with Gasteiger partial charge in [0.05, 0.1) is 6.04 Å². The highest BCUT2D eigenvalue weighted by molar-refractivity contribution is 7.10. The molecular weight excluding hydrogens is 396 g/mol. The van der Waals surface area contributed by atoms with Crippen LogP contribution in [0.1, 0.15) is 55.7 Å². The molecule has 0 N–H and O–H groups in total. The standard InChI is InChI=1S/C24H32N2O3S/c1-5-18(4)26(23(27)6-2)15-24(28)25-13-11-22-19(12-14-30-22)20(25)16-29-21-10-8-7-9-17(21)3/h7-10,12,14,18,20H,5-6,11,13,15-16H2,1-4H3/t18-,20-/m1/s1. The number of aryl methyl sites for hydroxylation is 1. The van der Waals surface area contributed by atoms with Crippen LogP contribution in [0.25, 0.3) is 0 Å². The molecule has 1 aliphatic heterocycles. The summed E-state index contributed by atoms with van der Waals surface area (Å²) in [6.45, 7) is 9.11. The van der Waals surface area contributed by atoms with Crippen molar-refractivity contribution >= 4 is 23.2 Å². The lowest BCUT2D eigenvalue weighted by Crippen LogP contribution is -2.49. The van der Waals surface area contributed by atoms with Gasteiger partial charge < -0.3 is 14.5 Å². The summed E-state index contributed by atoms with van der Waals surface area (Å²) in [5, 5.41) is 2.09. The minimum Gasteiger partial charge on any atom is -0.491 e. The van der Waals surface area contributed by atoms with Crippen LogP contribution in [0.4, 0.5) is 0 Å². The van der Waals surface area contributed by atoms with Crippen molar-refractivity contribution in [2.45, 2.75) is 59.0 Å². The van der Waals surface area contributed by atoms with E-state index >= 15 is 0 Å². The van der Waals surface area contributed by atoms with Crippen molar-refractivity contribution in [1.82, 2.24) is 9.80 Å². The third kappa shape index (κ3) is 4.86. The average molecular weight is 429 g/mol. The highest BCUT2D eigenvalue weighted by atomic mass is 32.1. The molecule has 1 aromatic carbocycles. The summed E-state index contributed by atoms with van der Waals surface area (Å²) in [6.07, 6.45) is 2.09. The molecule has 2 amide bonds. The van der Waals surface area contributed by atoms with Gasteiger partial charge in [-0.25, -0.2) is 0 Å². The molecule has 0 spiro atoms. The first-order chi connectivity index (χ1) is 14.5. The topological polar surface area (TPSA) is 49.9 Å². The lowest BCUT2D eigenvalue weighted by molar-refractivity contribution is -0.144. The first-order valence-corrected chi connectivity index (χ1v) is 11.7. The molecule has 2 heterocycles. The minimum atomic E-state index is -0.136. The Balaban J connectivity index is 1.80. The molecule has 1 aromatic heterocycles. The predicted molar refractivity (Wildman–Crippen MR) is 121 cm³/mol. The molecule has 0 radical (unpaired) electrons. The van der Waals surface area contributed by atoms with Gasteiger partial charge in [-0.05, 0) is 55.3 Å². The molecule has 0 unspecified atom stereocenters. The molecule has 5 nitrogen and oxygen atoms in total. The fraction of sp³-hybridized carbons (Fsp3) is 0.500. The van der Waals surface area contributed by atoms with Gasteiger partial charge in [0.25, 0.3) is 0 Å². The Labute approximate surface area is 183 Å². The van der Waals surface area contributed by atoms with Gasteiger partial charge in [-0.15, -0.1) is 11.3 Å². The molecule has 2 atom stereocenters. The summed E-state index contributed by atoms with van der Waals surface area (Å²) >= 11 is 1.74. The summed E-state index contributed by atoms with van der Waals surface area (Å²) in [5.74, 6) is 0.862. The number of para-hydroxylation sites is 1. The highest BCUT2D eigenvalue weighted by Crippen LogP contribution is 2.34. The van der Waals surface area contributed by atoms with E-state index in [0.717, 1.165) is 24.2 Å². The van der Waals surface area contributed by atoms with Crippen molar-refractivity contribution in [3.63, 3.8) is 0 Å². The quantitative estimate of drug-likeness (QED) is 0.617. The number of hydrogen-bond acceptors (Lipinski definition) is 4. The van der Waals surface area contributed by atoms with E-state index in [2.05, 4.69) is 11.4 Å². The monoisotopic (exact) mass is 428 g/mol. The van der Waals surface area contributed by atoms with Crippen LogP contribution < -0.4 is 4.74 Å². The summed E-state index contributed by atoms with van der Waals surface area (Å²) in [5.41, 5.74) is 2.25. The van der Waals surface area contributed by atoms with E-state index in [0.29, 0.717) is 19.6 Å². The van der Waals surface area contributed by atoms with E-state index in [9.17, 15) is 9.59 Å². The normalized spacial score (nSPS) is 16.7. The van der Waals surface area contributed by atoms with E-state index in [-0.39, 0.29) is 30.4 Å². The number of thiophene rings is 1. The second-order valence-electron chi connectivity index (χ2n) is 7.86. The zero-order valence-corrected chi connectivity index (χ0v) is 19.2. The van der Waals surface area contributed by atoms with Crippen LogP contribution in [0.3, 0.4) is 0 Å². The Hall–Kier alpha value is -2.34. The zero-order valence-electron chi connectivity index (χ0n) is 18.4. The third-order valence-electron chi connectivity index (χ3n) is 5.96. The Kier molecular flexibility index (Phi) is 7.53. The molecule has 0 bridgehead atoms. The van der Waals surface area contributed by atoms with E-state index in [1.54, 1.807) is 16.2 Å². The van der Waals surface area contributed by atoms with Crippen molar-refractivity contribution in [3.05, 3.63) is 51.7 Å². The number of nitrogens with zero attached hydrogens (tertiary/aromatic N) is 2. The van der Waals surface area contributed by atoms with Crippen molar-refractivity contribution in [1.29, 1.82) is 0 Å². The molecular formula is C24H32N2O3S. The van der Waals surface area contributed by atoms with Gasteiger partial charge in [-0.3, -0.25) is 9.59 Å². The maximum absolute atomic E-state index is 13.3. The van der Waals surface area contributed by atoms with E-state index in [1.807, 2.05) is 56.9 Å². The van der Waals surface area contributed by atoms with Crippen molar-refractivity contribution in [3.8, 4) is 5.75 Å². The van der Waals surface area contributed by atoms with Gasteiger partial charge in [0, 0.05) is 23.9 Å². The molecule has 6 heteroatoms. The van der Waals surface area contributed by atoms with Crippen LogP contribution >= 0.6 is 11.3 Å². The highest BCUT2D eigenvalue weighted by Gasteiger charge is 2.34. The molecule has 0 saturated heterocycles. The van der Waals surface area contributed by atoms with Gasteiger partial charge in [-0.1, -0.05) is 32.0 Å². The minimum absolute atomic E-state index is 0.00710. The van der Waals surface area contributed by atoms with Crippen LogP contribution in [0.15, 0.2) is 35.7 Å². The Morgan fingerprint density at radius 3 is 2.73 bits per heavy atom. The van der Waals surface area contributed by atoms with E-state index in [4.69, 9.17) is 4.74 Å². The first kappa shape index (κ1) is 22.3. The van der Waals surface area contributed by atoms with Gasteiger partial charge in [-0.2, -0.15) is 0 Å². The van der Waals surface area contributed by atoms with Crippen LogP contribution in [0.5, 0.6) is 5.75 Å². The number of carbonyl (C=O) groups excluding carboxylic acids is 2. The Bertz CT molecular complexity index is 879. The fourth-order valence-corrected chi connectivity index (χ4v) is 4.84. The van der Waals surface area contributed by atoms with Gasteiger partial charge in [0.1, 0.15) is 18.9 Å². The van der Waals surface area contributed by atoms with Crippen LogP contribution in [-0.2, 0) is 16.0 Å². The van der Waals surface area contributed by atoms with Crippen molar-refractivity contribution < 1.29 is 14.3 Å². The molecule has 3 rings (SSSR count). The lowest BCUT2D eigenvalue weighted by Gasteiger charge is -2.38. The first-order valence-electron chi connectivity index (χ1n) is 10.8. The smallest absolute Gasteiger partial charge is 0.242 e. The van der Waals surface area contributed by atoms with Gasteiger partial charge >= 0.3 is 0 Å². The van der Waals surface area contributed by atoms with Crippen molar-refractivity contribution in [2.24, 2.45) is 0 Å². The molecule has 1 aliphatic rings. The molecule has 0 aliphatic carbocycles. The van der Waals surface area contributed by atoms with E-state index < -0.39 is 0 Å². The van der Waals surface area contributed by atoms with Crippen molar-refractivity contribution in [2.75, 3.05) is 19.7 Å².